The molecule has 0 radical (unpaired) electrons. The summed E-state index contributed by atoms with van der Waals surface area (Å²) in [6.07, 6.45) is 3.41. The number of amides is 1. The van der Waals surface area contributed by atoms with Crippen molar-refractivity contribution in [1.29, 1.82) is 0 Å². The molecular formula is C19H23N3OS. The summed E-state index contributed by atoms with van der Waals surface area (Å²) in [6, 6.07) is 12.1. The maximum atomic E-state index is 11.9. The Morgan fingerprint density at radius 3 is 2.58 bits per heavy atom. The fourth-order valence-electron chi connectivity index (χ4n) is 2.69. The molecule has 4 nitrogen and oxygen atoms in total. The summed E-state index contributed by atoms with van der Waals surface area (Å²) in [5, 5.41) is 4.90. The van der Waals surface area contributed by atoms with Gasteiger partial charge in [-0.2, -0.15) is 0 Å². The molecule has 1 aliphatic rings. The SMILES string of the molecule is CN1CCN(Cc2ccc(NC(=O)/C=C/c3cccs3)cc2)CC1. The van der Waals surface area contributed by atoms with Crippen LogP contribution in [-0.4, -0.2) is 48.9 Å². The van der Waals surface area contributed by atoms with Gasteiger partial charge < -0.3 is 10.2 Å². The molecule has 1 aromatic heterocycles. The lowest BCUT2D eigenvalue weighted by molar-refractivity contribution is -0.111. The van der Waals surface area contributed by atoms with E-state index in [0.29, 0.717) is 0 Å². The molecule has 0 bridgehead atoms. The minimum Gasteiger partial charge on any atom is -0.323 e. The van der Waals surface area contributed by atoms with Crippen molar-refractivity contribution in [3.63, 3.8) is 0 Å². The second-order valence-electron chi connectivity index (χ2n) is 6.11. The van der Waals surface area contributed by atoms with Crippen LogP contribution in [-0.2, 0) is 11.3 Å². The van der Waals surface area contributed by atoms with Gasteiger partial charge in [0.05, 0.1) is 0 Å². The summed E-state index contributed by atoms with van der Waals surface area (Å²) in [5.74, 6) is -0.102. The second-order valence-corrected chi connectivity index (χ2v) is 7.09. The van der Waals surface area contributed by atoms with Crippen LogP contribution < -0.4 is 5.32 Å². The number of carbonyl (C=O) groups is 1. The molecule has 3 rings (SSSR count). The number of nitrogens with zero attached hydrogens (tertiary/aromatic N) is 2. The molecule has 0 aliphatic carbocycles. The fourth-order valence-corrected chi connectivity index (χ4v) is 3.30. The van der Waals surface area contributed by atoms with E-state index in [-0.39, 0.29) is 5.91 Å². The number of hydrogen-bond acceptors (Lipinski definition) is 4. The number of hydrogen-bond donors (Lipinski definition) is 1. The third-order valence-corrected chi connectivity index (χ3v) is 5.00. The van der Waals surface area contributed by atoms with E-state index in [9.17, 15) is 4.79 Å². The highest BCUT2D eigenvalue weighted by atomic mass is 32.1. The Labute approximate surface area is 147 Å². The van der Waals surface area contributed by atoms with Crippen LogP contribution in [0.2, 0.25) is 0 Å². The van der Waals surface area contributed by atoms with Crippen LogP contribution in [0.25, 0.3) is 6.08 Å². The highest BCUT2D eigenvalue weighted by Crippen LogP contribution is 2.14. The van der Waals surface area contributed by atoms with Crippen LogP contribution in [0.4, 0.5) is 5.69 Å². The first-order valence-corrected chi connectivity index (χ1v) is 9.09. The van der Waals surface area contributed by atoms with E-state index in [2.05, 4.69) is 34.3 Å². The molecule has 1 aromatic carbocycles. The molecule has 2 aromatic rings. The summed E-state index contributed by atoms with van der Waals surface area (Å²) in [5.41, 5.74) is 2.12. The first kappa shape index (κ1) is 16.9. The highest BCUT2D eigenvalue weighted by Gasteiger charge is 2.13. The molecule has 1 amide bonds. The van der Waals surface area contributed by atoms with Crippen molar-refractivity contribution in [2.75, 3.05) is 38.5 Å². The van der Waals surface area contributed by atoms with E-state index >= 15 is 0 Å². The van der Waals surface area contributed by atoms with Gasteiger partial charge in [-0.25, -0.2) is 0 Å². The van der Waals surface area contributed by atoms with Crippen LogP contribution in [0.1, 0.15) is 10.4 Å². The van der Waals surface area contributed by atoms with Crippen LogP contribution >= 0.6 is 11.3 Å². The maximum absolute atomic E-state index is 11.9. The lowest BCUT2D eigenvalue weighted by Gasteiger charge is -2.32. The molecule has 0 saturated carbocycles. The average molecular weight is 341 g/mol. The Balaban J connectivity index is 1.50. The van der Waals surface area contributed by atoms with Crippen LogP contribution in [0.15, 0.2) is 47.9 Å². The third-order valence-electron chi connectivity index (χ3n) is 4.17. The molecule has 126 valence electrons. The van der Waals surface area contributed by atoms with Crippen LogP contribution in [0.3, 0.4) is 0 Å². The van der Waals surface area contributed by atoms with Gasteiger partial charge >= 0.3 is 0 Å². The van der Waals surface area contributed by atoms with Crippen molar-refractivity contribution >= 4 is 29.0 Å². The molecule has 1 saturated heterocycles. The molecule has 1 fully saturated rings. The number of anilines is 1. The van der Waals surface area contributed by atoms with Crippen LogP contribution in [0, 0.1) is 0 Å². The number of rotatable bonds is 5. The largest absolute Gasteiger partial charge is 0.323 e. The fraction of sp³-hybridized carbons (Fsp3) is 0.316. The summed E-state index contributed by atoms with van der Waals surface area (Å²) in [7, 11) is 2.17. The zero-order valence-corrected chi connectivity index (χ0v) is 14.8. The van der Waals surface area contributed by atoms with Gasteiger partial charge in [0.15, 0.2) is 0 Å². The number of likely N-dealkylation sites (N-methyl/N-ethyl adjacent to an activating group) is 1. The second kappa shape index (κ2) is 8.24. The quantitative estimate of drug-likeness (QED) is 0.849. The lowest BCUT2D eigenvalue weighted by Crippen LogP contribution is -2.43. The van der Waals surface area contributed by atoms with Gasteiger partial charge in [0.1, 0.15) is 0 Å². The minimum absolute atomic E-state index is 0.102. The monoisotopic (exact) mass is 341 g/mol. The van der Waals surface area contributed by atoms with Gasteiger partial charge in [0.2, 0.25) is 5.91 Å². The van der Waals surface area contributed by atoms with E-state index in [0.717, 1.165) is 43.3 Å². The van der Waals surface area contributed by atoms with E-state index in [1.54, 1.807) is 17.4 Å². The topological polar surface area (TPSA) is 35.6 Å². The van der Waals surface area contributed by atoms with E-state index in [4.69, 9.17) is 0 Å². The number of nitrogens with one attached hydrogen (secondary N) is 1. The zero-order valence-electron chi connectivity index (χ0n) is 13.9. The predicted octanol–water partition coefficient (Wildman–Crippen LogP) is 3.15. The third kappa shape index (κ3) is 5.03. The van der Waals surface area contributed by atoms with Gasteiger partial charge in [0.25, 0.3) is 0 Å². The number of thiophene rings is 1. The Bertz CT molecular complexity index is 671. The van der Waals surface area contributed by atoms with Crippen molar-refractivity contribution in [2.45, 2.75) is 6.54 Å². The van der Waals surface area contributed by atoms with Crippen molar-refractivity contribution in [3.05, 3.63) is 58.3 Å². The van der Waals surface area contributed by atoms with Gasteiger partial charge in [-0.3, -0.25) is 9.69 Å². The maximum Gasteiger partial charge on any atom is 0.248 e. The molecule has 0 unspecified atom stereocenters. The molecule has 0 spiro atoms. The van der Waals surface area contributed by atoms with Crippen molar-refractivity contribution in [2.24, 2.45) is 0 Å². The Kier molecular flexibility index (Phi) is 5.80. The summed E-state index contributed by atoms with van der Waals surface area (Å²) in [6.45, 7) is 5.46. The van der Waals surface area contributed by atoms with E-state index < -0.39 is 0 Å². The van der Waals surface area contributed by atoms with E-state index in [1.165, 1.54) is 5.56 Å². The normalized spacial score (nSPS) is 16.5. The first-order chi connectivity index (χ1) is 11.7. The number of piperazine rings is 1. The molecule has 24 heavy (non-hydrogen) atoms. The zero-order chi connectivity index (χ0) is 16.8. The highest BCUT2D eigenvalue weighted by molar-refractivity contribution is 7.10. The molecule has 0 atom stereocenters. The Morgan fingerprint density at radius 2 is 1.92 bits per heavy atom. The standard InChI is InChI=1S/C19H23N3OS/c1-21-10-12-22(13-11-21)15-16-4-6-17(7-5-16)20-19(23)9-8-18-3-2-14-24-18/h2-9,14H,10-13,15H2,1H3,(H,20,23)/b9-8+. The van der Waals surface area contributed by atoms with Gasteiger partial charge in [-0.05, 0) is 42.3 Å². The minimum atomic E-state index is -0.102. The first-order valence-electron chi connectivity index (χ1n) is 8.21. The molecule has 5 heteroatoms. The predicted molar refractivity (Wildman–Crippen MR) is 101 cm³/mol. The van der Waals surface area contributed by atoms with E-state index in [1.807, 2.05) is 35.7 Å². The Hall–Kier alpha value is -1.95. The van der Waals surface area contributed by atoms with Crippen LogP contribution in [0.5, 0.6) is 0 Å². The lowest BCUT2D eigenvalue weighted by atomic mass is 10.2. The Morgan fingerprint density at radius 1 is 1.17 bits per heavy atom. The van der Waals surface area contributed by atoms with Gasteiger partial charge in [0, 0.05) is 49.4 Å². The van der Waals surface area contributed by atoms with Crippen molar-refractivity contribution < 1.29 is 4.79 Å². The summed E-state index contributed by atoms with van der Waals surface area (Å²) >= 11 is 1.62. The van der Waals surface area contributed by atoms with Gasteiger partial charge in [-0.15, -0.1) is 11.3 Å². The average Bonchev–Trinajstić information content (AvgIpc) is 3.10. The number of carbonyl (C=O) groups excluding carboxylic acids is 1. The molecule has 2 heterocycles. The molecular weight excluding hydrogens is 318 g/mol. The summed E-state index contributed by atoms with van der Waals surface area (Å²) in [4.78, 5) is 17.8. The van der Waals surface area contributed by atoms with Crippen molar-refractivity contribution in [3.8, 4) is 0 Å². The smallest absolute Gasteiger partial charge is 0.248 e. The summed E-state index contributed by atoms with van der Waals surface area (Å²) < 4.78 is 0. The molecule has 1 aliphatic heterocycles. The van der Waals surface area contributed by atoms with Gasteiger partial charge in [-0.1, -0.05) is 18.2 Å². The molecule has 1 N–H and O–H groups in total. The van der Waals surface area contributed by atoms with Crippen molar-refractivity contribution in [1.82, 2.24) is 9.80 Å². The number of benzene rings is 1.